The van der Waals surface area contributed by atoms with Gasteiger partial charge in [-0.25, -0.2) is 0 Å². The van der Waals surface area contributed by atoms with E-state index in [4.69, 9.17) is 0 Å². The molecule has 0 aliphatic carbocycles. The van der Waals surface area contributed by atoms with Gasteiger partial charge in [-0.15, -0.1) is 0 Å². The average molecular weight is 223 g/mol. The van der Waals surface area contributed by atoms with Gasteiger partial charge in [0.15, 0.2) is 0 Å². The summed E-state index contributed by atoms with van der Waals surface area (Å²) in [5.41, 5.74) is 1.08. The Bertz CT molecular complexity index is 304. The molecule has 0 aromatic heterocycles. The van der Waals surface area contributed by atoms with Gasteiger partial charge in [0.1, 0.15) is 0 Å². The van der Waals surface area contributed by atoms with Gasteiger partial charge in [0.05, 0.1) is 0 Å². The van der Waals surface area contributed by atoms with Gasteiger partial charge in [0, 0.05) is 16.5 Å². The third-order valence-electron chi connectivity index (χ3n) is 1.43. The van der Waals surface area contributed by atoms with Gasteiger partial charge < -0.3 is 0 Å². The average Bonchev–Trinajstić information content (AvgIpc) is 2.05. The quantitative estimate of drug-likeness (QED) is 0.638. The lowest BCUT2D eigenvalue weighted by molar-refractivity contribution is 0.983. The van der Waals surface area contributed by atoms with Crippen LogP contribution in [0.15, 0.2) is 28.7 Å². The molecule has 0 aliphatic rings. The molecule has 1 rings (SSSR count). The lowest BCUT2D eigenvalue weighted by Crippen LogP contribution is -1.72. The maximum absolute atomic E-state index is 3.40. The molecule has 62 valence electrons. The standard InChI is InChI=1S/C11H11Br/c1-2-3-4-6-10-7-5-8-11(12)9-10/h5,7-9H,2-3H2,1H3. The van der Waals surface area contributed by atoms with Crippen LogP contribution in [0.5, 0.6) is 0 Å². The van der Waals surface area contributed by atoms with Crippen molar-refractivity contribution in [1.82, 2.24) is 0 Å². The third-order valence-corrected chi connectivity index (χ3v) is 1.93. The van der Waals surface area contributed by atoms with Crippen LogP contribution < -0.4 is 0 Å². The van der Waals surface area contributed by atoms with E-state index < -0.39 is 0 Å². The Balaban J connectivity index is 2.71. The van der Waals surface area contributed by atoms with Crippen LogP contribution >= 0.6 is 15.9 Å². The Morgan fingerprint density at radius 3 is 2.92 bits per heavy atom. The first-order valence-electron chi connectivity index (χ1n) is 4.07. The first kappa shape index (κ1) is 9.35. The summed E-state index contributed by atoms with van der Waals surface area (Å²) in [6.07, 6.45) is 2.10. The van der Waals surface area contributed by atoms with Crippen LogP contribution in [0.25, 0.3) is 0 Å². The van der Waals surface area contributed by atoms with Crippen LogP contribution in [-0.4, -0.2) is 0 Å². The monoisotopic (exact) mass is 222 g/mol. The molecular weight excluding hydrogens is 212 g/mol. The van der Waals surface area contributed by atoms with Crippen molar-refractivity contribution in [3.8, 4) is 11.8 Å². The van der Waals surface area contributed by atoms with Gasteiger partial charge in [-0.3, -0.25) is 0 Å². The van der Waals surface area contributed by atoms with E-state index in [2.05, 4.69) is 34.7 Å². The summed E-state index contributed by atoms with van der Waals surface area (Å²) < 4.78 is 1.09. The number of unbranched alkanes of at least 4 members (excludes halogenated alkanes) is 1. The highest BCUT2D eigenvalue weighted by molar-refractivity contribution is 9.10. The fourth-order valence-electron chi connectivity index (χ4n) is 0.856. The van der Waals surface area contributed by atoms with E-state index in [0.29, 0.717) is 0 Å². The van der Waals surface area contributed by atoms with Crippen molar-refractivity contribution in [1.29, 1.82) is 0 Å². The minimum atomic E-state index is 0.979. The maximum atomic E-state index is 3.40. The molecule has 0 amide bonds. The normalized spacial score (nSPS) is 8.83. The molecule has 0 nitrogen and oxygen atoms in total. The summed E-state index contributed by atoms with van der Waals surface area (Å²) in [5, 5.41) is 0. The molecule has 0 fully saturated rings. The van der Waals surface area contributed by atoms with Crippen molar-refractivity contribution in [3.05, 3.63) is 34.3 Å². The lowest BCUT2D eigenvalue weighted by atomic mass is 10.2. The van der Waals surface area contributed by atoms with Gasteiger partial charge >= 0.3 is 0 Å². The van der Waals surface area contributed by atoms with Crippen molar-refractivity contribution < 1.29 is 0 Å². The van der Waals surface area contributed by atoms with Crippen molar-refractivity contribution in [3.63, 3.8) is 0 Å². The molecule has 0 N–H and O–H groups in total. The van der Waals surface area contributed by atoms with Crippen LogP contribution in [-0.2, 0) is 0 Å². The Morgan fingerprint density at radius 2 is 2.25 bits per heavy atom. The molecule has 0 radical (unpaired) electrons. The van der Waals surface area contributed by atoms with E-state index in [0.717, 1.165) is 22.9 Å². The molecule has 0 saturated heterocycles. The first-order chi connectivity index (χ1) is 5.83. The molecule has 0 aliphatic heterocycles. The van der Waals surface area contributed by atoms with Gasteiger partial charge in [0.2, 0.25) is 0 Å². The number of halogens is 1. The summed E-state index contributed by atoms with van der Waals surface area (Å²) in [7, 11) is 0. The highest BCUT2D eigenvalue weighted by atomic mass is 79.9. The molecule has 0 atom stereocenters. The summed E-state index contributed by atoms with van der Waals surface area (Å²) in [5.74, 6) is 6.21. The summed E-state index contributed by atoms with van der Waals surface area (Å²) in [6, 6.07) is 8.06. The Kier molecular flexibility index (Phi) is 3.90. The maximum Gasteiger partial charge on any atom is 0.0256 e. The van der Waals surface area contributed by atoms with Gasteiger partial charge in [-0.2, -0.15) is 0 Å². The molecule has 0 spiro atoms. The molecule has 0 heterocycles. The van der Waals surface area contributed by atoms with Crippen molar-refractivity contribution >= 4 is 15.9 Å². The van der Waals surface area contributed by atoms with Crippen LogP contribution in [0.4, 0.5) is 0 Å². The minimum absolute atomic E-state index is 0.979. The second-order valence-electron chi connectivity index (χ2n) is 2.56. The lowest BCUT2D eigenvalue weighted by Gasteiger charge is -1.90. The van der Waals surface area contributed by atoms with Gasteiger partial charge in [-0.05, 0) is 24.6 Å². The van der Waals surface area contributed by atoms with Crippen LogP contribution in [0.2, 0.25) is 0 Å². The zero-order chi connectivity index (χ0) is 8.81. The highest BCUT2D eigenvalue weighted by Gasteiger charge is 1.86. The second kappa shape index (κ2) is 5.00. The van der Waals surface area contributed by atoms with E-state index in [9.17, 15) is 0 Å². The minimum Gasteiger partial charge on any atom is -0.0979 e. The number of hydrogen-bond donors (Lipinski definition) is 0. The second-order valence-corrected chi connectivity index (χ2v) is 3.48. The summed E-state index contributed by atoms with van der Waals surface area (Å²) in [6.45, 7) is 2.13. The van der Waals surface area contributed by atoms with Gasteiger partial charge in [0.25, 0.3) is 0 Å². The predicted octanol–water partition coefficient (Wildman–Crippen LogP) is 3.60. The number of rotatable bonds is 1. The van der Waals surface area contributed by atoms with Crippen LogP contribution in [0.3, 0.4) is 0 Å². The van der Waals surface area contributed by atoms with Crippen LogP contribution in [0, 0.1) is 11.8 Å². The van der Waals surface area contributed by atoms with E-state index in [-0.39, 0.29) is 0 Å². The zero-order valence-electron chi connectivity index (χ0n) is 7.10. The zero-order valence-corrected chi connectivity index (χ0v) is 8.69. The molecule has 1 heteroatoms. The van der Waals surface area contributed by atoms with E-state index in [1.807, 2.05) is 24.3 Å². The number of hydrogen-bond acceptors (Lipinski definition) is 0. The molecule has 0 unspecified atom stereocenters. The summed E-state index contributed by atoms with van der Waals surface area (Å²) in [4.78, 5) is 0. The molecule has 0 bridgehead atoms. The van der Waals surface area contributed by atoms with E-state index >= 15 is 0 Å². The fraction of sp³-hybridized carbons (Fsp3) is 0.273. The number of benzene rings is 1. The largest absolute Gasteiger partial charge is 0.0979 e. The third kappa shape index (κ3) is 3.11. The van der Waals surface area contributed by atoms with E-state index in [1.54, 1.807) is 0 Å². The molecule has 12 heavy (non-hydrogen) atoms. The molecule has 0 saturated carbocycles. The molecular formula is C11H11Br. The Hall–Kier alpha value is -0.740. The smallest absolute Gasteiger partial charge is 0.0256 e. The fourth-order valence-corrected chi connectivity index (χ4v) is 1.26. The Labute approximate surface area is 82.1 Å². The SMILES string of the molecule is CCCC#Cc1cccc(Br)c1. The molecule has 1 aromatic rings. The topological polar surface area (TPSA) is 0 Å². The first-order valence-corrected chi connectivity index (χ1v) is 4.86. The van der Waals surface area contributed by atoms with Crippen molar-refractivity contribution in [2.45, 2.75) is 19.8 Å². The highest BCUT2D eigenvalue weighted by Crippen LogP contribution is 2.10. The molecule has 1 aromatic carbocycles. The van der Waals surface area contributed by atoms with Crippen molar-refractivity contribution in [2.24, 2.45) is 0 Å². The van der Waals surface area contributed by atoms with Crippen molar-refractivity contribution in [2.75, 3.05) is 0 Å². The Morgan fingerprint density at radius 1 is 1.42 bits per heavy atom. The van der Waals surface area contributed by atoms with Crippen LogP contribution in [0.1, 0.15) is 25.3 Å². The van der Waals surface area contributed by atoms with E-state index in [1.165, 1.54) is 0 Å². The van der Waals surface area contributed by atoms with Gasteiger partial charge in [-0.1, -0.05) is 40.8 Å². The predicted molar refractivity (Wildman–Crippen MR) is 55.9 cm³/mol. The summed E-state index contributed by atoms with van der Waals surface area (Å²) >= 11 is 3.40.